The molecular formula is C23H27FN2O4. The van der Waals surface area contributed by atoms with E-state index in [4.69, 9.17) is 9.47 Å². The number of amides is 2. The molecule has 160 valence electrons. The van der Waals surface area contributed by atoms with Gasteiger partial charge in [-0.05, 0) is 49.2 Å². The van der Waals surface area contributed by atoms with E-state index in [0.717, 1.165) is 11.1 Å². The van der Waals surface area contributed by atoms with Crippen LogP contribution in [-0.2, 0) is 16.1 Å². The molecule has 2 aromatic rings. The van der Waals surface area contributed by atoms with Crippen molar-refractivity contribution in [2.24, 2.45) is 5.92 Å². The predicted octanol–water partition coefficient (Wildman–Crippen LogP) is 3.55. The molecule has 3 rings (SSSR count). The number of hydrogen-bond donors (Lipinski definition) is 0. The minimum atomic E-state index is -0.502. The fraction of sp³-hybridized carbons (Fsp3) is 0.391. The zero-order valence-electron chi connectivity index (χ0n) is 17.8. The highest BCUT2D eigenvalue weighted by molar-refractivity contribution is 6.00. The van der Waals surface area contributed by atoms with Crippen molar-refractivity contribution >= 4 is 17.5 Å². The number of halogens is 1. The van der Waals surface area contributed by atoms with Gasteiger partial charge in [-0.15, -0.1) is 0 Å². The van der Waals surface area contributed by atoms with Crippen LogP contribution in [0.15, 0.2) is 36.4 Å². The summed E-state index contributed by atoms with van der Waals surface area (Å²) in [6.45, 7) is 4.75. The maximum Gasteiger partial charge on any atom is 0.228 e. The molecule has 2 aromatic carbocycles. The lowest BCUT2D eigenvalue weighted by molar-refractivity contribution is -0.136. The minimum absolute atomic E-state index is 0.0780. The summed E-state index contributed by atoms with van der Waals surface area (Å²) in [5, 5.41) is 0. The molecule has 0 aromatic heterocycles. The van der Waals surface area contributed by atoms with Gasteiger partial charge in [-0.1, -0.05) is 12.1 Å². The molecule has 0 radical (unpaired) electrons. The van der Waals surface area contributed by atoms with Crippen molar-refractivity contribution < 1.29 is 23.5 Å². The average Bonchev–Trinajstić information content (AvgIpc) is 3.12. The zero-order valence-corrected chi connectivity index (χ0v) is 17.8. The number of nitrogens with zero attached hydrogens (tertiary/aromatic N) is 2. The second-order valence-electron chi connectivity index (χ2n) is 7.40. The number of rotatable bonds is 7. The molecule has 0 spiro atoms. The topological polar surface area (TPSA) is 59.1 Å². The fourth-order valence-corrected chi connectivity index (χ4v) is 3.74. The van der Waals surface area contributed by atoms with Gasteiger partial charge in [0.25, 0.3) is 0 Å². The summed E-state index contributed by atoms with van der Waals surface area (Å²) >= 11 is 0. The largest absolute Gasteiger partial charge is 0.493 e. The van der Waals surface area contributed by atoms with Crippen LogP contribution in [0.4, 0.5) is 10.1 Å². The number of hydrogen-bond acceptors (Lipinski definition) is 4. The maximum absolute atomic E-state index is 14.3. The molecule has 30 heavy (non-hydrogen) atoms. The lowest BCUT2D eigenvalue weighted by Crippen LogP contribution is -2.37. The van der Waals surface area contributed by atoms with Crippen LogP contribution in [0.1, 0.15) is 24.5 Å². The monoisotopic (exact) mass is 414 g/mol. The number of carbonyl (C=O) groups is 2. The van der Waals surface area contributed by atoms with Gasteiger partial charge in [0.15, 0.2) is 11.5 Å². The van der Waals surface area contributed by atoms with E-state index in [1.165, 1.54) is 11.0 Å². The Morgan fingerprint density at radius 1 is 1.17 bits per heavy atom. The van der Waals surface area contributed by atoms with Crippen LogP contribution in [0.3, 0.4) is 0 Å². The van der Waals surface area contributed by atoms with Crippen LogP contribution in [0.25, 0.3) is 0 Å². The summed E-state index contributed by atoms with van der Waals surface area (Å²) in [5.41, 5.74) is 1.90. The van der Waals surface area contributed by atoms with Gasteiger partial charge in [-0.3, -0.25) is 9.59 Å². The van der Waals surface area contributed by atoms with Gasteiger partial charge in [-0.25, -0.2) is 4.39 Å². The van der Waals surface area contributed by atoms with E-state index in [2.05, 4.69) is 0 Å². The molecule has 6 nitrogen and oxygen atoms in total. The minimum Gasteiger partial charge on any atom is -0.493 e. The third-order valence-electron chi connectivity index (χ3n) is 5.38. The summed E-state index contributed by atoms with van der Waals surface area (Å²) in [4.78, 5) is 28.7. The Bertz CT molecular complexity index is 947. The van der Waals surface area contributed by atoms with E-state index in [0.29, 0.717) is 24.6 Å². The van der Waals surface area contributed by atoms with E-state index < -0.39 is 11.7 Å². The van der Waals surface area contributed by atoms with Crippen molar-refractivity contribution in [3.63, 3.8) is 0 Å². The maximum atomic E-state index is 14.3. The molecule has 1 heterocycles. The summed E-state index contributed by atoms with van der Waals surface area (Å²) in [6, 6.07) is 10.3. The van der Waals surface area contributed by atoms with Gasteiger partial charge in [-0.2, -0.15) is 0 Å². The van der Waals surface area contributed by atoms with Crippen LogP contribution in [0.5, 0.6) is 11.5 Å². The number of anilines is 1. The Hall–Kier alpha value is -3.09. The normalized spacial score (nSPS) is 16.0. The van der Waals surface area contributed by atoms with Crippen LogP contribution >= 0.6 is 0 Å². The fourth-order valence-electron chi connectivity index (χ4n) is 3.74. The van der Waals surface area contributed by atoms with Gasteiger partial charge in [0.05, 0.1) is 25.8 Å². The van der Waals surface area contributed by atoms with Crippen molar-refractivity contribution in [3.8, 4) is 11.5 Å². The molecule has 1 aliphatic rings. The van der Waals surface area contributed by atoms with Crippen LogP contribution in [-0.4, -0.2) is 44.0 Å². The first kappa shape index (κ1) is 21.6. The summed E-state index contributed by atoms with van der Waals surface area (Å²) in [6.07, 6.45) is 0.0780. The Morgan fingerprint density at radius 2 is 1.90 bits per heavy atom. The molecule has 0 bridgehead atoms. The lowest BCUT2D eigenvalue weighted by Gasteiger charge is -2.25. The molecule has 1 aliphatic heterocycles. The highest BCUT2D eigenvalue weighted by atomic mass is 19.1. The van der Waals surface area contributed by atoms with E-state index in [-0.39, 0.29) is 30.5 Å². The van der Waals surface area contributed by atoms with E-state index >= 15 is 0 Å². The smallest absolute Gasteiger partial charge is 0.228 e. The molecule has 7 heteroatoms. The van der Waals surface area contributed by atoms with Gasteiger partial charge in [0.2, 0.25) is 11.8 Å². The molecule has 0 N–H and O–H groups in total. The highest BCUT2D eigenvalue weighted by Crippen LogP contribution is 2.31. The Morgan fingerprint density at radius 3 is 2.53 bits per heavy atom. The average molecular weight is 414 g/mol. The Kier molecular flexibility index (Phi) is 6.59. The van der Waals surface area contributed by atoms with Crippen molar-refractivity contribution in [3.05, 3.63) is 53.3 Å². The van der Waals surface area contributed by atoms with Crippen molar-refractivity contribution in [1.29, 1.82) is 0 Å². The highest BCUT2D eigenvalue weighted by Gasteiger charge is 2.37. The molecule has 1 fully saturated rings. The summed E-state index contributed by atoms with van der Waals surface area (Å²) < 4.78 is 24.9. The number of ether oxygens (including phenoxy) is 2. The second-order valence-corrected chi connectivity index (χ2v) is 7.40. The molecule has 2 amide bonds. The molecule has 1 saturated heterocycles. The first-order valence-corrected chi connectivity index (χ1v) is 9.94. The number of aryl methyl sites for hydroxylation is 1. The molecule has 1 unspecified atom stereocenters. The molecule has 0 saturated carbocycles. The van der Waals surface area contributed by atoms with Gasteiger partial charge in [0.1, 0.15) is 5.82 Å². The number of carbonyl (C=O) groups excluding carboxylic acids is 2. The van der Waals surface area contributed by atoms with Gasteiger partial charge in [0, 0.05) is 26.1 Å². The molecular weight excluding hydrogens is 387 g/mol. The first-order valence-electron chi connectivity index (χ1n) is 9.94. The van der Waals surface area contributed by atoms with Crippen LogP contribution in [0.2, 0.25) is 0 Å². The number of benzene rings is 2. The summed E-state index contributed by atoms with van der Waals surface area (Å²) in [5.74, 6) is -0.0929. The third kappa shape index (κ3) is 4.40. The van der Waals surface area contributed by atoms with Crippen molar-refractivity contribution in [1.82, 2.24) is 4.90 Å². The van der Waals surface area contributed by atoms with Crippen LogP contribution < -0.4 is 14.4 Å². The summed E-state index contributed by atoms with van der Waals surface area (Å²) in [7, 11) is 3.13. The predicted molar refractivity (Wildman–Crippen MR) is 112 cm³/mol. The quantitative estimate of drug-likeness (QED) is 0.695. The first-order chi connectivity index (χ1) is 14.4. The lowest BCUT2D eigenvalue weighted by atomic mass is 10.1. The third-order valence-corrected chi connectivity index (χ3v) is 5.38. The van der Waals surface area contributed by atoms with E-state index in [1.54, 1.807) is 44.2 Å². The molecule has 1 atom stereocenters. The molecule has 0 aliphatic carbocycles. The Balaban J connectivity index is 1.74. The van der Waals surface area contributed by atoms with E-state index in [9.17, 15) is 14.0 Å². The van der Waals surface area contributed by atoms with Crippen molar-refractivity contribution in [2.75, 3.05) is 32.2 Å². The second kappa shape index (κ2) is 9.15. The van der Waals surface area contributed by atoms with Crippen molar-refractivity contribution in [2.45, 2.75) is 26.8 Å². The van der Waals surface area contributed by atoms with Gasteiger partial charge < -0.3 is 19.3 Å². The van der Waals surface area contributed by atoms with E-state index in [1.807, 2.05) is 19.1 Å². The Labute approximate surface area is 176 Å². The van der Waals surface area contributed by atoms with Crippen LogP contribution in [0, 0.1) is 18.7 Å². The van der Waals surface area contributed by atoms with Gasteiger partial charge >= 0.3 is 0 Å². The SMILES string of the molecule is CCN(Cc1ccc(OC)c(OC)c1)C(=O)C1CC(=O)N(c2ccc(C)cc2F)C1. The standard InChI is InChI=1S/C23H27FN2O4/c1-5-25(13-16-7-9-20(29-3)21(11-16)30-4)23(28)17-12-22(27)26(14-17)19-8-6-15(2)10-18(19)24/h6-11,17H,5,12-14H2,1-4H3. The number of methoxy groups -OCH3 is 2. The zero-order chi connectivity index (χ0) is 21.8.